The fourth-order valence-electron chi connectivity index (χ4n) is 1.69. The topological polar surface area (TPSA) is 0 Å². The lowest BCUT2D eigenvalue weighted by molar-refractivity contribution is 0.592. The molecule has 0 atom stereocenters. The van der Waals surface area contributed by atoms with Crippen LogP contribution in [0.25, 0.3) is 0 Å². The first-order valence-electron chi connectivity index (χ1n) is 7.02. The lowest BCUT2D eigenvalue weighted by Crippen LogP contribution is -1.78. The van der Waals surface area contributed by atoms with Crippen molar-refractivity contribution in [3.05, 3.63) is 31.2 Å². The van der Waals surface area contributed by atoms with Crippen molar-refractivity contribution in [2.45, 2.75) is 71.1 Å². The molecule has 0 saturated heterocycles. The summed E-state index contributed by atoms with van der Waals surface area (Å²) in [6, 6.07) is 0. The van der Waals surface area contributed by atoms with Crippen LogP contribution in [0.15, 0.2) is 24.3 Å². The van der Waals surface area contributed by atoms with Crippen molar-refractivity contribution in [3.63, 3.8) is 0 Å². The van der Waals surface area contributed by atoms with E-state index in [1.807, 2.05) is 0 Å². The monoisotopic (exact) mass is 221 g/mol. The zero-order valence-electron chi connectivity index (χ0n) is 11.1. The van der Waals surface area contributed by atoms with Crippen LogP contribution in [0.4, 0.5) is 0 Å². The third-order valence-corrected chi connectivity index (χ3v) is 2.73. The molecule has 1 radical (unpaired) electrons. The van der Waals surface area contributed by atoms with E-state index in [0.717, 1.165) is 12.8 Å². The molecule has 0 unspecified atom stereocenters. The summed E-state index contributed by atoms with van der Waals surface area (Å²) < 4.78 is 0. The second-order valence-corrected chi connectivity index (χ2v) is 4.41. The van der Waals surface area contributed by atoms with E-state index in [1.54, 1.807) is 0 Å². The van der Waals surface area contributed by atoms with Crippen molar-refractivity contribution in [1.29, 1.82) is 0 Å². The Balaban J connectivity index is 3.08. The van der Waals surface area contributed by atoms with Gasteiger partial charge in [-0.1, -0.05) is 76.7 Å². The molecule has 0 heteroatoms. The molecule has 0 fully saturated rings. The third-order valence-electron chi connectivity index (χ3n) is 2.73. The van der Waals surface area contributed by atoms with Gasteiger partial charge in [0.1, 0.15) is 0 Å². The first kappa shape index (κ1) is 15.5. The van der Waals surface area contributed by atoms with Crippen LogP contribution >= 0.6 is 0 Å². The largest absolute Gasteiger partial charge is 0.0845 e. The van der Waals surface area contributed by atoms with Gasteiger partial charge in [-0.25, -0.2) is 0 Å². The summed E-state index contributed by atoms with van der Waals surface area (Å²) in [6.45, 7) is 6.07. The first-order chi connectivity index (χ1) is 7.91. The maximum Gasteiger partial charge on any atom is -0.0348 e. The quantitative estimate of drug-likeness (QED) is 0.303. The Hall–Kier alpha value is -0.520. The number of hydrogen-bond acceptors (Lipinski definition) is 0. The minimum Gasteiger partial charge on any atom is -0.0845 e. The molecule has 0 bridgehead atoms. The summed E-state index contributed by atoms with van der Waals surface area (Å²) in [5.74, 6) is 0. The molecule has 0 aromatic rings. The molecule has 0 nitrogen and oxygen atoms in total. The van der Waals surface area contributed by atoms with Gasteiger partial charge in [-0.15, -0.1) is 0 Å². The summed E-state index contributed by atoms with van der Waals surface area (Å²) in [6.07, 6.45) is 21.9. The lowest BCUT2D eigenvalue weighted by Gasteiger charge is -1.98. The molecule has 0 aliphatic carbocycles. The van der Waals surface area contributed by atoms with Crippen molar-refractivity contribution in [1.82, 2.24) is 0 Å². The first-order valence-corrected chi connectivity index (χ1v) is 7.02. The predicted molar refractivity (Wildman–Crippen MR) is 75.5 cm³/mol. The summed E-state index contributed by atoms with van der Waals surface area (Å²) in [5, 5.41) is 0. The van der Waals surface area contributed by atoms with Gasteiger partial charge in [0.2, 0.25) is 0 Å². The molecule has 0 rings (SSSR count). The smallest absolute Gasteiger partial charge is 0.0348 e. The molecule has 0 N–H and O–H groups in total. The third kappa shape index (κ3) is 13.5. The Kier molecular flexibility index (Phi) is 14.0. The van der Waals surface area contributed by atoms with Crippen molar-refractivity contribution < 1.29 is 0 Å². The van der Waals surface area contributed by atoms with Crippen LogP contribution < -0.4 is 0 Å². The highest BCUT2D eigenvalue weighted by atomic mass is 13.9. The van der Waals surface area contributed by atoms with Crippen molar-refractivity contribution in [3.8, 4) is 0 Å². The Labute approximate surface area is 103 Å². The fraction of sp³-hybridized carbons (Fsp3) is 0.688. The van der Waals surface area contributed by atoms with E-state index >= 15 is 0 Å². The maximum atomic E-state index is 3.80. The van der Waals surface area contributed by atoms with Gasteiger partial charge in [-0.2, -0.15) is 0 Å². The number of allylic oxidation sites excluding steroid dienone is 4. The van der Waals surface area contributed by atoms with E-state index in [2.05, 4.69) is 38.2 Å². The normalized spacial score (nSPS) is 11.9. The molecule has 0 aromatic heterocycles. The minimum absolute atomic E-state index is 1.00. The molecular weight excluding hydrogens is 192 g/mol. The van der Waals surface area contributed by atoms with Gasteiger partial charge in [-0.3, -0.25) is 0 Å². The molecule has 93 valence electrons. The number of hydrogen-bond donors (Lipinski definition) is 0. The Morgan fingerprint density at radius 3 is 1.94 bits per heavy atom. The average molecular weight is 221 g/mol. The predicted octanol–water partition coefficient (Wildman–Crippen LogP) is 5.85. The van der Waals surface area contributed by atoms with Gasteiger partial charge in [0.05, 0.1) is 0 Å². The van der Waals surface area contributed by atoms with Gasteiger partial charge in [0.15, 0.2) is 0 Å². The number of rotatable bonds is 11. The molecule has 0 aromatic carbocycles. The highest BCUT2D eigenvalue weighted by molar-refractivity contribution is 5.02. The Morgan fingerprint density at radius 2 is 1.31 bits per heavy atom. The summed E-state index contributed by atoms with van der Waals surface area (Å²) in [7, 11) is 0. The molecule has 0 aliphatic heterocycles. The SMILES string of the molecule is [CH2]CC/C=C/C=C\CCCCCCCCC. The van der Waals surface area contributed by atoms with Gasteiger partial charge < -0.3 is 0 Å². The zero-order valence-corrected chi connectivity index (χ0v) is 11.1. The van der Waals surface area contributed by atoms with Crippen LogP contribution in [0, 0.1) is 6.92 Å². The highest BCUT2D eigenvalue weighted by Gasteiger charge is 1.88. The van der Waals surface area contributed by atoms with Crippen LogP contribution in [-0.4, -0.2) is 0 Å². The maximum absolute atomic E-state index is 3.80. The van der Waals surface area contributed by atoms with E-state index in [1.165, 1.54) is 51.4 Å². The average Bonchev–Trinajstić information content (AvgIpc) is 2.31. The molecule has 0 amide bonds. The van der Waals surface area contributed by atoms with E-state index in [4.69, 9.17) is 0 Å². The molecule has 0 aliphatic rings. The van der Waals surface area contributed by atoms with E-state index < -0.39 is 0 Å². The highest BCUT2D eigenvalue weighted by Crippen LogP contribution is 2.08. The Bertz CT molecular complexity index is 165. The summed E-state index contributed by atoms with van der Waals surface area (Å²) in [5.41, 5.74) is 0. The number of unbranched alkanes of at least 4 members (excludes halogenated alkanes) is 8. The van der Waals surface area contributed by atoms with Gasteiger partial charge in [-0.05, 0) is 25.7 Å². The van der Waals surface area contributed by atoms with Crippen LogP contribution in [0.2, 0.25) is 0 Å². The van der Waals surface area contributed by atoms with Crippen LogP contribution in [0.3, 0.4) is 0 Å². The van der Waals surface area contributed by atoms with E-state index in [-0.39, 0.29) is 0 Å². The molecule has 16 heavy (non-hydrogen) atoms. The van der Waals surface area contributed by atoms with Crippen LogP contribution in [-0.2, 0) is 0 Å². The minimum atomic E-state index is 1.00. The second kappa shape index (κ2) is 14.5. The standard InChI is InChI=1S/C16H29/c1-3-5-7-9-11-13-15-16-14-12-10-8-6-4-2/h7,9,11,13H,1,3-6,8,10,12,14-16H2,2H3/b9-7+,13-11-. The van der Waals surface area contributed by atoms with Crippen LogP contribution in [0.5, 0.6) is 0 Å². The lowest BCUT2D eigenvalue weighted by atomic mass is 10.1. The van der Waals surface area contributed by atoms with Crippen molar-refractivity contribution in [2.75, 3.05) is 0 Å². The van der Waals surface area contributed by atoms with E-state index in [9.17, 15) is 0 Å². The molecular formula is C16H29. The van der Waals surface area contributed by atoms with Crippen molar-refractivity contribution >= 4 is 0 Å². The molecule has 0 saturated carbocycles. The van der Waals surface area contributed by atoms with Gasteiger partial charge >= 0.3 is 0 Å². The van der Waals surface area contributed by atoms with Gasteiger partial charge in [0.25, 0.3) is 0 Å². The van der Waals surface area contributed by atoms with Gasteiger partial charge in [0, 0.05) is 0 Å². The molecule has 0 spiro atoms. The van der Waals surface area contributed by atoms with E-state index in [0.29, 0.717) is 0 Å². The summed E-state index contributed by atoms with van der Waals surface area (Å²) >= 11 is 0. The Morgan fingerprint density at radius 1 is 0.750 bits per heavy atom. The fourth-order valence-corrected chi connectivity index (χ4v) is 1.69. The summed E-state index contributed by atoms with van der Waals surface area (Å²) in [4.78, 5) is 0. The zero-order chi connectivity index (χ0) is 11.9. The second-order valence-electron chi connectivity index (χ2n) is 4.41. The molecule has 0 heterocycles. The van der Waals surface area contributed by atoms with Crippen LogP contribution in [0.1, 0.15) is 71.1 Å². The van der Waals surface area contributed by atoms with Crippen molar-refractivity contribution in [2.24, 2.45) is 0 Å².